The van der Waals surface area contributed by atoms with Crippen LogP contribution in [0.5, 0.6) is 0 Å². The number of nitrogens with zero attached hydrogens (tertiary/aromatic N) is 4. The smallest absolute Gasteiger partial charge is 0.226 e. The first-order valence-corrected chi connectivity index (χ1v) is 6.50. The van der Waals surface area contributed by atoms with Crippen LogP contribution in [-0.2, 0) is 4.74 Å². The lowest BCUT2D eigenvalue weighted by Gasteiger charge is -2.13. The van der Waals surface area contributed by atoms with Crippen molar-refractivity contribution in [3.63, 3.8) is 0 Å². The van der Waals surface area contributed by atoms with E-state index < -0.39 is 18.5 Å². The fourth-order valence-electron chi connectivity index (χ4n) is 2.30. The maximum atomic E-state index is 13.7. The number of hydrogen-bond donors (Lipinski definition) is 2. The molecule has 0 unspecified atom stereocenters. The zero-order valence-electron chi connectivity index (χ0n) is 10.6. The molecule has 0 bridgehead atoms. The molecule has 0 saturated carbocycles. The fourth-order valence-corrected chi connectivity index (χ4v) is 2.46. The molecule has 1 saturated heterocycles. The third kappa shape index (κ3) is 2.09. The molecule has 1 fully saturated rings. The zero-order chi connectivity index (χ0) is 14.3. The minimum Gasteiger partial charge on any atom is -0.394 e. The summed E-state index contributed by atoms with van der Waals surface area (Å²) in [6.45, 7) is -0.359. The second kappa shape index (κ2) is 5.12. The summed E-state index contributed by atoms with van der Waals surface area (Å²) in [5.74, 6) is 0.493. The molecule has 0 spiro atoms. The van der Waals surface area contributed by atoms with Crippen LogP contribution in [0.3, 0.4) is 0 Å². The molecule has 3 atom stereocenters. The van der Waals surface area contributed by atoms with Crippen molar-refractivity contribution in [2.45, 2.75) is 24.9 Å². The SMILES string of the molecule is CNc1nc(Cl)nc2c1ncn2[C@H]1C[C@H](F)[C@@H](CO)O1. The topological polar surface area (TPSA) is 85.1 Å². The maximum Gasteiger partial charge on any atom is 0.226 e. The molecule has 7 nitrogen and oxygen atoms in total. The Bertz CT molecular complexity index is 637. The number of aromatic nitrogens is 4. The predicted octanol–water partition coefficient (Wildman–Crippen LogP) is 1.14. The molecule has 3 heterocycles. The molecule has 1 aliphatic rings. The molecule has 2 N–H and O–H groups in total. The standard InChI is InChI=1S/C11H13ClFN5O2/c1-14-9-8-10(17-11(12)16-9)18(4-15-8)7-2-5(13)6(3-19)20-7/h4-7,19H,2-3H2,1H3,(H,14,16,17)/t5-,6+,7+/m0/s1. The second-order valence-corrected chi connectivity index (χ2v) is 4.82. The lowest BCUT2D eigenvalue weighted by Crippen LogP contribution is -2.21. The third-order valence-electron chi connectivity index (χ3n) is 3.28. The van der Waals surface area contributed by atoms with E-state index in [9.17, 15) is 4.39 Å². The van der Waals surface area contributed by atoms with Crippen molar-refractivity contribution in [3.05, 3.63) is 11.6 Å². The molecular formula is C11H13ClFN5O2. The van der Waals surface area contributed by atoms with Crippen molar-refractivity contribution in [1.82, 2.24) is 19.5 Å². The lowest BCUT2D eigenvalue weighted by molar-refractivity contribution is -0.0323. The van der Waals surface area contributed by atoms with Gasteiger partial charge in [0.25, 0.3) is 0 Å². The highest BCUT2D eigenvalue weighted by molar-refractivity contribution is 6.28. The summed E-state index contributed by atoms with van der Waals surface area (Å²) < 4.78 is 20.7. The molecule has 1 aliphatic heterocycles. The first kappa shape index (κ1) is 13.5. The highest BCUT2D eigenvalue weighted by atomic mass is 35.5. The van der Waals surface area contributed by atoms with Gasteiger partial charge in [-0.3, -0.25) is 4.57 Å². The zero-order valence-corrected chi connectivity index (χ0v) is 11.4. The van der Waals surface area contributed by atoms with E-state index in [1.165, 1.54) is 6.33 Å². The van der Waals surface area contributed by atoms with Crippen LogP contribution in [0.4, 0.5) is 10.2 Å². The fraction of sp³-hybridized carbons (Fsp3) is 0.545. The van der Waals surface area contributed by atoms with Crippen molar-refractivity contribution in [1.29, 1.82) is 0 Å². The average molecular weight is 302 g/mol. The summed E-state index contributed by atoms with van der Waals surface area (Å²) in [4.78, 5) is 12.3. The molecule has 2 aromatic heterocycles. The molecule has 108 valence electrons. The molecule has 0 aliphatic carbocycles. The number of aliphatic hydroxyl groups is 1. The van der Waals surface area contributed by atoms with E-state index in [4.69, 9.17) is 21.4 Å². The van der Waals surface area contributed by atoms with Gasteiger partial charge in [0.15, 0.2) is 17.0 Å². The quantitative estimate of drug-likeness (QED) is 0.827. The van der Waals surface area contributed by atoms with Gasteiger partial charge in [-0.1, -0.05) is 0 Å². The van der Waals surface area contributed by atoms with Crippen molar-refractivity contribution in [3.8, 4) is 0 Å². The number of halogens is 2. The number of fused-ring (bicyclic) bond motifs is 1. The average Bonchev–Trinajstić information content (AvgIpc) is 3.00. The number of rotatable bonds is 3. The highest BCUT2D eigenvalue weighted by Gasteiger charge is 2.36. The Morgan fingerprint density at radius 1 is 1.60 bits per heavy atom. The number of alkyl halides is 1. The van der Waals surface area contributed by atoms with Crippen molar-refractivity contribution < 1.29 is 14.2 Å². The largest absolute Gasteiger partial charge is 0.394 e. The summed E-state index contributed by atoms with van der Waals surface area (Å²) in [5.41, 5.74) is 0.994. The van der Waals surface area contributed by atoms with Crippen molar-refractivity contribution in [2.75, 3.05) is 19.0 Å². The van der Waals surface area contributed by atoms with E-state index in [-0.39, 0.29) is 18.3 Å². The summed E-state index contributed by atoms with van der Waals surface area (Å²) in [5, 5.41) is 12.0. The lowest BCUT2D eigenvalue weighted by atomic mass is 10.2. The van der Waals surface area contributed by atoms with Crippen molar-refractivity contribution in [2.24, 2.45) is 0 Å². The van der Waals surface area contributed by atoms with Crippen LogP contribution in [-0.4, -0.2) is 50.6 Å². The van der Waals surface area contributed by atoms with E-state index in [0.717, 1.165) is 0 Å². The molecule has 9 heteroatoms. The van der Waals surface area contributed by atoms with E-state index in [1.54, 1.807) is 11.6 Å². The van der Waals surface area contributed by atoms with Crippen LogP contribution >= 0.6 is 11.6 Å². The van der Waals surface area contributed by atoms with Gasteiger partial charge in [-0.05, 0) is 11.6 Å². The number of aliphatic hydroxyl groups excluding tert-OH is 1. The number of anilines is 1. The van der Waals surface area contributed by atoms with E-state index >= 15 is 0 Å². The van der Waals surface area contributed by atoms with Gasteiger partial charge in [0.05, 0.1) is 12.9 Å². The number of ether oxygens (including phenoxy) is 1. The Morgan fingerprint density at radius 3 is 3.05 bits per heavy atom. The Morgan fingerprint density at radius 2 is 2.40 bits per heavy atom. The van der Waals surface area contributed by atoms with Crippen LogP contribution in [0, 0.1) is 0 Å². The number of imidazole rings is 1. The van der Waals surface area contributed by atoms with Crippen LogP contribution in [0.2, 0.25) is 5.28 Å². The normalized spacial score (nSPS) is 26.3. The first-order valence-electron chi connectivity index (χ1n) is 6.12. The summed E-state index contributed by atoms with van der Waals surface area (Å²) in [6.07, 6.45) is -0.967. The van der Waals surface area contributed by atoms with Gasteiger partial charge in [0, 0.05) is 13.5 Å². The molecule has 2 aromatic rings. The van der Waals surface area contributed by atoms with Gasteiger partial charge in [-0.15, -0.1) is 0 Å². The van der Waals surface area contributed by atoms with Crippen LogP contribution in [0.15, 0.2) is 6.33 Å². The molecule has 20 heavy (non-hydrogen) atoms. The molecule has 0 amide bonds. The molecule has 0 aromatic carbocycles. The molecular weight excluding hydrogens is 289 g/mol. The number of hydrogen-bond acceptors (Lipinski definition) is 6. The highest BCUT2D eigenvalue weighted by Crippen LogP contribution is 2.33. The minimum absolute atomic E-state index is 0.0668. The molecule has 3 rings (SSSR count). The predicted molar refractivity (Wildman–Crippen MR) is 70.4 cm³/mol. The van der Waals surface area contributed by atoms with Gasteiger partial charge in [-0.2, -0.15) is 9.97 Å². The Balaban J connectivity index is 2.03. The Kier molecular flexibility index (Phi) is 3.45. The van der Waals surface area contributed by atoms with Gasteiger partial charge in [0.2, 0.25) is 5.28 Å². The van der Waals surface area contributed by atoms with E-state index in [1.807, 2.05) is 0 Å². The van der Waals surface area contributed by atoms with Crippen molar-refractivity contribution >= 4 is 28.6 Å². The third-order valence-corrected chi connectivity index (χ3v) is 3.45. The Labute approximate surface area is 118 Å². The maximum absolute atomic E-state index is 13.7. The van der Waals surface area contributed by atoms with Gasteiger partial charge >= 0.3 is 0 Å². The summed E-state index contributed by atoms with van der Waals surface area (Å²) in [6, 6.07) is 0. The monoisotopic (exact) mass is 301 g/mol. The van der Waals surface area contributed by atoms with Gasteiger partial charge in [-0.25, -0.2) is 9.37 Å². The molecule has 0 radical (unpaired) electrons. The minimum atomic E-state index is -1.22. The van der Waals surface area contributed by atoms with Crippen LogP contribution < -0.4 is 5.32 Å². The second-order valence-electron chi connectivity index (χ2n) is 4.48. The van der Waals surface area contributed by atoms with E-state index in [2.05, 4.69) is 20.3 Å². The van der Waals surface area contributed by atoms with Crippen LogP contribution in [0.25, 0.3) is 11.2 Å². The van der Waals surface area contributed by atoms with E-state index in [0.29, 0.717) is 17.0 Å². The number of nitrogens with one attached hydrogen (secondary N) is 1. The summed E-state index contributed by atoms with van der Waals surface area (Å²) in [7, 11) is 1.70. The van der Waals surface area contributed by atoms with Crippen LogP contribution in [0.1, 0.15) is 12.6 Å². The van der Waals surface area contributed by atoms with Gasteiger partial charge in [0.1, 0.15) is 18.5 Å². The Hall–Kier alpha value is -1.51. The first-order chi connectivity index (χ1) is 9.63. The summed E-state index contributed by atoms with van der Waals surface area (Å²) >= 11 is 5.86. The van der Waals surface area contributed by atoms with Gasteiger partial charge < -0.3 is 15.2 Å².